The highest BCUT2D eigenvalue weighted by atomic mass is 16.3. The zero-order valence-corrected chi connectivity index (χ0v) is 14.5. The van der Waals surface area contributed by atoms with Crippen molar-refractivity contribution in [1.82, 2.24) is 0 Å². The molecular weight excluding hydrogens is 272 g/mol. The third-order valence-corrected chi connectivity index (χ3v) is 7.17. The first kappa shape index (κ1) is 16.0. The van der Waals surface area contributed by atoms with Gasteiger partial charge in [0, 0.05) is 17.3 Å². The molecule has 0 amide bonds. The molecule has 22 heavy (non-hydrogen) atoms. The summed E-state index contributed by atoms with van der Waals surface area (Å²) in [5.41, 5.74) is 0.908. The average molecular weight is 302 g/mol. The number of Topliss-reactive ketones (excluding diaryl/α,β-unsaturated/α-hetero) is 1. The predicted molar refractivity (Wildman–Crippen MR) is 89.4 cm³/mol. The first-order valence-electron chi connectivity index (χ1n) is 8.72. The van der Waals surface area contributed by atoms with Gasteiger partial charge in [-0.2, -0.15) is 0 Å². The number of aliphatic hydroxyl groups excluding tert-OH is 1. The smallest absolute Gasteiger partial charge is 0.139 e. The highest BCUT2D eigenvalue weighted by molar-refractivity contribution is 5.87. The van der Waals surface area contributed by atoms with E-state index in [2.05, 4.69) is 40.3 Å². The van der Waals surface area contributed by atoms with Crippen molar-refractivity contribution in [3.63, 3.8) is 0 Å². The fourth-order valence-electron chi connectivity index (χ4n) is 5.56. The molecule has 2 heteroatoms. The SMILES string of the molecule is C=C[C@]1(C)C=C2[C@@H](O)C[C@H]3C(C)(C)CCC(=O)[C@]3(C)[C@H]2CC1. The van der Waals surface area contributed by atoms with Crippen molar-refractivity contribution in [3.05, 3.63) is 24.3 Å². The van der Waals surface area contributed by atoms with E-state index in [1.165, 1.54) is 0 Å². The Hall–Kier alpha value is -0.890. The lowest BCUT2D eigenvalue weighted by molar-refractivity contribution is -0.153. The van der Waals surface area contributed by atoms with Gasteiger partial charge in [-0.05, 0) is 48.5 Å². The van der Waals surface area contributed by atoms with E-state index in [1.807, 2.05) is 6.08 Å². The highest BCUT2D eigenvalue weighted by Gasteiger charge is 2.60. The Morgan fingerprint density at radius 3 is 2.59 bits per heavy atom. The summed E-state index contributed by atoms with van der Waals surface area (Å²) >= 11 is 0. The van der Waals surface area contributed by atoms with Gasteiger partial charge in [-0.3, -0.25) is 4.79 Å². The van der Waals surface area contributed by atoms with Crippen molar-refractivity contribution in [2.75, 3.05) is 0 Å². The molecule has 3 aliphatic rings. The molecule has 1 N–H and O–H groups in total. The van der Waals surface area contributed by atoms with Gasteiger partial charge in [-0.15, -0.1) is 6.58 Å². The van der Waals surface area contributed by atoms with Crippen LogP contribution >= 0.6 is 0 Å². The van der Waals surface area contributed by atoms with Crippen LogP contribution in [0.1, 0.15) is 59.8 Å². The Bertz CT molecular complexity index is 544. The lowest BCUT2D eigenvalue weighted by Crippen LogP contribution is -2.58. The minimum Gasteiger partial charge on any atom is -0.389 e. The molecule has 0 aromatic carbocycles. The van der Waals surface area contributed by atoms with Gasteiger partial charge >= 0.3 is 0 Å². The van der Waals surface area contributed by atoms with Crippen LogP contribution in [0.4, 0.5) is 0 Å². The van der Waals surface area contributed by atoms with Gasteiger partial charge in [-0.25, -0.2) is 0 Å². The number of ketones is 1. The van der Waals surface area contributed by atoms with E-state index in [9.17, 15) is 9.90 Å². The molecule has 5 atom stereocenters. The van der Waals surface area contributed by atoms with Gasteiger partial charge in [0.05, 0.1) is 6.10 Å². The number of rotatable bonds is 1. The fraction of sp³-hybridized carbons (Fsp3) is 0.750. The van der Waals surface area contributed by atoms with Crippen molar-refractivity contribution in [1.29, 1.82) is 0 Å². The van der Waals surface area contributed by atoms with E-state index in [1.54, 1.807) is 0 Å². The molecule has 122 valence electrons. The molecule has 2 nitrogen and oxygen atoms in total. The molecule has 3 aliphatic carbocycles. The lowest BCUT2D eigenvalue weighted by atomic mass is 9.44. The Morgan fingerprint density at radius 1 is 1.27 bits per heavy atom. The van der Waals surface area contributed by atoms with Crippen LogP contribution < -0.4 is 0 Å². The second-order valence-electron chi connectivity index (χ2n) is 8.94. The minimum absolute atomic E-state index is 0.0385. The van der Waals surface area contributed by atoms with E-state index in [-0.39, 0.29) is 28.1 Å². The number of hydrogen-bond donors (Lipinski definition) is 1. The molecule has 0 heterocycles. The molecule has 0 unspecified atom stereocenters. The summed E-state index contributed by atoms with van der Waals surface area (Å²) in [5, 5.41) is 10.8. The summed E-state index contributed by atoms with van der Waals surface area (Å²) < 4.78 is 0. The molecule has 0 aromatic rings. The van der Waals surface area contributed by atoms with Crippen molar-refractivity contribution in [3.8, 4) is 0 Å². The maximum Gasteiger partial charge on any atom is 0.139 e. The van der Waals surface area contributed by atoms with Crippen LogP contribution in [0.25, 0.3) is 0 Å². The Labute approximate surface area is 134 Å². The Balaban J connectivity index is 2.09. The van der Waals surface area contributed by atoms with Gasteiger partial charge in [0.2, 0.25) is 0 Å². The molecule has 0 aromatic heterocycles. The van der Waals surface area contributed by atoms with Crippen molar-refractivity contribution in [2.45, 2.75) is 65.9 Å². The number of carbonyl (C=O) groups is 1. The van der Waals surface area contributed by atoms with Gasteiger partial charge < -0.3 is 5.11 Å². The summed E-state index contributed by atoms with van der Waals surface area (Å²) in [5.74, 6) is 0.912. The topological polar surface area (TPSA) is 37.3 Å². The molecule has 2 saturated carbocycles. The van der Waals surface area contributed by atoms with Crippen LogP contribution in [0.2, 0.25) is 0 Å². The van der Waals surface area contributed by atoms with E-state index >= 15 is 0 Å². The normalized spacial score (nSPS) is 47.2. The molecule has 0 bridgehead atoms. The second kappa shape index (κ2) is 4.80. The summed E-state index contributed by atoms with van der Waals surface area (Å²) in [7, 11) is 0. The Kier molecular flexibility index (Phi) is 3.49. The maximum absolute atomic E-state index is 12.9. The third-order valence-electron chi connectivity index (χ3n) is 7.17. The summed E-state index contributed by atoms with van der Waals surface area (Å²) in [6.07, 6.45) is 8.19. The van der Waals surface area contributed by atoms with Gasteiger partial charge in [0.15, 0.2) is 0 Å². The monoisotopic (exact) mass is 302 g/mol. The predicted octanol–water partition coefficient (Wildman–Crippen LogP) is 4.29. The molecule has 0 spiro atoms. The number of aliphatic hydroxyl groups is 1. The van der Waals surface area contributed by atoms with Crippen LogP contribution in [0.5, 0.6) is 0 Å². The van der Waals surface area contributed by atoms with Crippen LogP contribution in [0.3, 0.4) is 0 Å². The quantitative estimate of drug-likeness (QED) is 0.734. The number of allylic oxidation sites excluding steroid dienone is 2. The Morgan fingerprint density at radius 2 is 1.95 bits per heavy atom. The zero-order chi connectivity index (χ0) is 16.3. The molecule has 2 fully saturated rings. The van der Waals surface area contributed by atoms with E-state index in [0.29, 0.717) is 12.2 Å². The van der Waals surface area contributed by atoms with Gasteiger partial charge in [0.1, 0.15) is 5.78 Å². The van der Waals surface area contributed by atoms with Crippen LogP contribution in [0, 0.1) is 28.1 Å². The number of hydrogen-bond acceptors (Lipinski definition) is 2. The molecular formula is C20H30O2. The van der Waals surface area contributed by atoms with Crippen molar-refractivity contribution < 1.29 is 9.90 Å². The lowest BCUT2D eigenvalue weighted by Gasteiger charge is -2.59. The third kappa shape index (κ3) is 2.06. The van der Waals surface area contributed by atoms with E-state index < -0.39 is 6.10 Å². The number of carbonyl (C=O) groups excluding carboxylic acids is 1. The standard InChI is InChI=1S/C20H30O2/c1-6-19(4)10-7-14-13(12-19)15(21)11-16-18(2,3)9-8-17(22)20(14,16)5/h6,12,14-16,21H,1,7-11H2,2-5H3/t14-,15-,16-,19-,20+/m0/s1. The molecule has 0 saturated heterocycles. The van der Waals surface area contributed by atoms with Crippen molar-refractivity contribution >= 4 is 5.78 Å². The van der Waals surface area contributed by atoms with Crippen LogP contribution in [0.15, 0.2) is 24.3 Å². The summed E-state index contributed by atoms with van der Waals surface area (Å²) in [6.45, 7) is 12.9. The number of fused-ring (bicyclic) bond motifs is 3. The largest absolute Gasteiger partial charge is 0.389 e. The van der Waals surface area contributed by atoms with E-state index in [4.69, 9.17) is 0 Å². The zero-order valence-electron chi connectivity index (χ0n) is 14.5. The summed E-state index contributed by atoms with van der Waals surface area (Å²) in [6, 6.07) is 0. The van der Waals surface area contributed by atoms with Gasteiger partial charge in [0.25, 0.3) is 0 Å². The maximum atomic E-state index is 12.9. The average Bonchev–Trinajstić information content (AvgIpc) is 2.47. The second-order valence-corrected chi connectivity index (χ2v) is 8.94. The van der Waals surface area contributed by atoms with Crippen LogP contribution in [-0.2, 0) is 4.79 Å². The van der Waals surface area contributed by atoms with E-state index in [0.717, 1.165) is 31.3 Å². The molecule has 0 aliphatic heterocycles. The fourth-order valence-corrected chi connectivity index (χ4v) is 5.56. The van der Waals surface area contributed by atoms with Crippen molar-refractivity contribution in [2.24, 2.45) is 28.1 Å². The van der Waals surface area contributed by atoms with Gasteiger partial charge in [-0.1, -0.05) is 39.8 Å². The highest BCUT2D eigenvalue weighted by Crippen LogP contribution is 2.62. The minimum atomic E-state index is -0.396. The summed E-state index contributed by atoms with van der Waals surface area (Å²) in [4.78, 5) is 12.9. The van der Waals surface area contributed by atoms with Crippen LogP contribution in [-0.4, -0.2) is 17.0 Å². The first-order valence-corrected chi connectivity index (χ1v) is 8.72. The molecule has 0 radical (unpaired) electrons. The molecule has 3 rings (SSSR count). The first-order chi connectivity index (χ1) is 10.1.